The molecule has 2 bridgehead atoms. The summed E-state index contributed by atoms with van der Waals surface area (Å²) < 4.78 is 0. The molecule has 7 rings (SSSR count). The maximum atomic E-state index is 13.5. The van der Waals surface area contributed by atoms with Gasteiger partial charge < -0.3 is 5.32 Å². The van der Waals surface area contributed by atoms with Crippen molar-refractivity contribution < 1.29 is 9.59 Å². The van der Waals surface area contributed by atoms with Crippen molar-refractivity contribution in [2.24, 2.45) is 5.41 Å². The Bertz CT molecular complexity index is 1390. The van der Waals surface area contributed by atoms with Gasteiger partial charge in [-0.25, -0.2) is 4.98 Å². The number of amides is 1. The van der Waals surface area contributed by atoms with E-state index >= 15 is 0 Å². The van der Waals surface area contributed by atoms with Crippen LogP contribution >= 0.6 is 11.3 Å². The molecular weight excluding hydrogens is 416 g/mol. The van der Waals surface area contributed by atoms with Gasteiger partial charge in [0.1, 0.15) is 5.78 Å². The van der Waals surface area contributed by atoms with Gasteiger partial charge in [-0.05, 0) is 28.3 Å². The number of carbonyl (C=O) groups excluding carboxylic acids is 2. The molecule has 3 aliphatic carbocycles. The normalized spacial score (nSPS) is 23.8. The Balaban J connectivity index is 1.30. The smallest absolute Gasteiger partial charge is 0.232 e. The van der Waals surface area contributed by atoms with E-state index in [1.165, 1.54) is 11.3 Å². The highest BCUT2D eigenvalue weighted by Gasteiger charge is 2.54. The molecule has 4 aromatic rings. The molecule has 0 saturated heterocycles. The van der Waals surface area contributed by atoms with Gasteiger partial charge in [-0.15, -0.1) is 11.3 Å². The third-order valence-electron chi connectivity index (χ3n) is 7.25. The molecule has 3 unspecified atom stereocenters. The Morgan fingerprint density at radius 1 is 1.03 bits per heavy atom. The third-order valence-corrected chi connectivity index (χ3v) is 8.00. The van der Waals surface area contributed by atoms with E-state index in [-0.39, 0.29) is 23.5 Å². The molecule has 32 heavy (non-hydrogen) atoms. The standard InChI is InChI=1S/C27H22N2O2S/c1-27(14-21-18-10-4-5-11-19(18)22(27)13-24(21)30)25(31)29-26-28-23(15-32-26)20-12-6-8-16-7-2-3-9-17(16)20/h2-12,15,21-22H,13-14H2,1H3,(H,28,29,31). The highest BCUT2D eigenvalue weighted by molar-refractivity contribution is 7.14. The lowest BCUT2D eigenvalue weighted by atomic mass is 9.54. The minimum atomic E-state index is -0.627. The van der Waals surface area contributed by atoms with Gasteiger partial charge in [0.2, 0.25) is 5.91 Å². The van der Waals surface area contributed by atoms with E-state index in [1.54, 1.807) is 0 Å². The van der Waals surface area contributed by atoms with Gasteiger partial charge >= 0.3 is 0 Å². The molecule has 1 N–H and O–H groups in total. The number of anilines is 1. The van der Waals surface area contributed by atoms with Crippen LogP contribution in [-0.4, -0.2) is 16.7 Å². The molecule has 0 aliphatic heterocycles. The number of rotatable bonds is 3. The monoisotopic (exact) mass is 438 g/mol. The summed E-state index contributed by atoms with van der Waals surface area (Å²) in [7, 11) is 0. The van der Waals surface area contributed by atoms with Gasteiger partial charge in [-0.1, -0.05) is 73.7 Å². The van der Waals surface area contributed by atoms with E-state index in [4.69, 9.17) is 4.98 Å². The first kappa shape index (κ1) is 19.4. The van der Waals surface area contributed by atoms with Crippen LogP contribution in [0.3, 0.4) is 0 Å². The number of benzene rings is 3. The van der Waals surface area contributed by atoms with Crippen molar-refractivity contribution in [3.63, 3.8) is 0 Å². The van der Waals surface area contributed by atoms with Gasteiger partial charge in [-0.3, -0.25) is 9.59 Å². The van der Waals surface area contributed by atoms with Crippen molar-refractivity contribution in [3.8, 4) is 11.3 Å². The number of ketones is 1. The van der Waals surface area contributed by atoms with E-state index in [2.05, 4.69) is 35.6 Å². The fourth-order valence-corrected chi connectivity index (χ4v) is 6.23. The van der Waals surface area contributed by atoms with Crippen LogP contribution in [0.15, 0.2) is 72.1 Å². The zero-order chi connectivity index (χ0) is 21.9. The summed E-state index contributed by atoms with van der Waals surface area (Å²) in [5.74, 6) is -0.0667. The predicted molar refractivity (Wildman–Crippen MR) is 128 cm³/mol. The van der Waals surface area contributed by atoms with Gasteiger partial charge in [0.25, 0.3) is 0 Å². The van der Waals surface area contributed by atoms with Crippen LogP contribution in [0.25, 0.3) is 22.0 Å². The van der Waals surface area contributed by atoms with Crippen molar-refractivity contribution in [3.05, 3.63) is 83.2 Å². The van der Waals surface area contributed by atoms with Gasteiger partial charge in [-0.2, -0.15) is 0 Å². The molecule has 1 fully saturated rings. The number of thiazole rings is 1. The number of hydrogen-bond acceptors (Lipinski definition) is 4. The number of nitrogens with zero attached hydrogens (tertiary/aromatic N) is 1. The van der Waals surface area contributed by atoms with Crippen molar-refractivity contribution in [1.29, 1.82) is 0 Å². The lowest BCUT2D eigenvalue weighted by Crippen LogP contribution is -2.49. The van der Waals surface area contributed by atoms with Crippen LogP contribution in [0.2, 0.25) is 0 Å². The summed E-state index contributed by atoms with van der Waals surface area (Å²) in [4.78, 5) is 30.8. The molecule has 5 heteroatoms. The molecule has 0 spiro atoms. The van der Waals surface area contributed by atoms with E-state index in [1.807, 2.05) is 48.7 Å². The molecule has 3 aromatic carbocycles. The molecule has 1 aromatic heterocycles. The van der Waals surface area contributed by atoms with E-state index in [0.717, 1.165) is 33.2 Å². The summed E-state index contributed by atoms with van der Waals surface area (Å²) in [5.41, 5.74) is 3.54. The van der Waals surface area contributed by atoms with Crippen molar-refractivity contribution in [2.75, 3.05) is 5.32 Å². The number of Topliss-reactive ketones (excluding diaryl/α,β-unsaturated/α-hetero) is 1. The van der Waals surface area contributed by atoms with Crippen LogP contribution in [0, 0.1) is 5.41 Å². The highest BCUT2D eigenvalue weighted by Crippen LogP contribution is 2.57. The Morgan fingerprint density at radius 3 is 2.66 bits per heavy atom. The summed E-state index contributed by atoms with van der Waals surface area (Å²) in [6, 6.07) is 22.5. The third kappa shape index (κ3) is 2.84. The molecule has 1 heterocycles. The first-order chi connectivity index (χ1) is 15.5. The van der Waals surface area contributed by atoms with Crippen LogP contribution in [0.1, 0.15) is 42.7 Å². The average molecular weight is 439 g/mol. The van der Waals surface area contributed by atoms with Crippen molar-refractivity contribution in [2.45, 2.75) is 31.6 Å². The minimum Gasteiger partial charge on any atom is -0.301 e. The van der Waals surface area contributed by atoms with E-state index in [0.29, 0.717) is 18.0 Å². The number of hydrogen-bond donors (Lipinski definition) is 1. The Kier molecular flexibility index (Phi) is 4.30. The molecule has 158 valence electrons. The molecule has 4 nitrogen and oxygen atoms in total. The molecule has 0 radical (unpaired) electrons. The van der Waals surface area contributed by atoms with Crippen LogP contribution in [0.5, 0.6) is 0 Å². The fourth-order valence-electron chi connectivity index (χ4n) is 5.53. The molecule has 1 amide bonds. The molecular formula is C27H22N2O2S. The van der Waals surface area contributed by atoms with Gasteiger partial charge in [0, 0.05) is 29.2 Å². The summed E-state index contributed by atoms with van der Waals surface area (Å²) in [6.07, 6.45) is 0.992. The maximum Gasteiger partial charge on any atom is 0.232 e. The van der Waals surface area contributed by atoms with E-state index in [9.17, 15) is 9.59 Å². The first-order valence-corrected chi connectivity index (χ1v) is 11.8. The highest BCUT2D eigenvalue weighted by atomic mass is 32.1. The lowest BCUT2D eigenvalue weighted by Gasteiger charge is -2.48. The Labute approximate surface area is 190 Å². The van der Waals surface area contributed by atoms with Crippen LogP contribution < -0.4 is 5.32 Å². The van der Waals surface area contributed by atoms with Gasteiger partial charge in [0.05, 0.1) is 11.1 Å². The zero-order valence-corrected chi connectivity index (χ0v) is 18.5. The predicted octanol–water partition coefficient (Wildman–Crippen LogP) is 6.15. The van der Waals surface area contributed by atoms with Crippen molar-refractivity contribution >= 4 is 38.9 Å². The quantitative estimate of drug-likeness (QED) is 0.417. The summed E-state index contributed by atoms with van der Waals surface area (Å²) in [5, 5.41) is 7.97. The second-order valence-electron chi connectivity index (χ2n) is 9.04. The lowest BCUT2D eigenvalue weighted by molar-refractivity contribution is -0.134. The Hall–Kier alpha value is -3.31. The molecule has 3 atom stereocenters. The number of fused-ring (bicyclic) bond motifs is 3. The minimum absolute atomic E-state index is 0.0478. The second-order valence-corrected chi connectivity index (χ2v) is 9.90. The van der Waals surface area contributed by atoms with E-state index < -0.39 is 5.41 Å². The number of carbonyl (C=O) groups is 2. The van der Waals surface area contributed by atoms with Crippen LogP contribution in [-0.2, 0) is 9.59 Å². The zero-order valence-electron chi connectivity index (χ0n) is 17.7. The Morgan fingerprint density at radius 2 is 1.78 bits per heavy atom. The summed E-state index contributed by atoms with van der Waals surface area (Å²) in [6.45, 7) is 2.00. The molecule has 3 aliphatic rings. The maximum absolute atomic E-state index is 13.5. The fraction of sp³-hybridized carbons (Fsp3) is 0.222. The molecule has 1 saturated carbocycles. The van der Waals surface area contributed by atoms with Gasteiger partial charge in [0.15, 0.2) is 5.13 Å². The first-order valence-electron chi connectivity index (χ1n) is 10.9. The SMILES string of the molecule is CC1(C(=O)Nc2nc(-c3cccc4ccccc34)cs2)CC2C(=O)CC1c1ccccc12. The number of nitrogens with one attached hydrogen (secondary N) is 1. The largest absolute Gasteiger partial charge is 0.301 e. The average Bonchev–Trinajstić information content (AvgIpc) is 3.28. The number of aromatic nitrogens is 1. The van der Waals surface area contributed by atoms with Crippen LogP contribution in [0.4, 0.5) is 5.13 Å². The van der Waals surface area contributed by atoms with Crippen molar-refractivity contribution in [1.82, 2.24) is 4.98 Å². The topological polar surface area (TPSA) is 59.1 Å². The second kappa shape index (κ2) is 7.10. The summed E-state index contributed by atoms with van der Waals surface area (Å²) >= 11 is 1.44.